The second kappa shape index (κ2) is 14.8. The highest BCUT2D eigenvalue weighted by Gasteiger charge is 2.07. The van der Waals surface area contributed by atoms with Crippen LogP contribution in [0.1, 0.15) is 33.4 Å². The molecular weight excluding hydrogens is 499 g/mol. The Morgan fingerprint density at radius 2 is 1.28 bits per heavy atom. The number of pyridine rings is 2. The van der Waals surface area contributed by atoms with Gasteiger partial charge in [-0.3, -0.25) is 9.78 Å². The number of nitrogens with zero attached hydrogens (tertiary/aromatic N) is 2. The molecule has 0 spiro atoms. The minimum atomic E-state index is -0.727. The molecule has 0 unspecified atom stereocenters. The number of carbonyl (C=O) groups is 1. The first-order chi connectivity index (χ1) is 17.6. The van der Waals surface area contributed by atoms with E-state index >= 15 is 0 Å². The lowest BCUT2D eigenvalue weighted by Crippen LogP contribution is -2.03. The van der Waals surface area contributed by atoms with E-state index < -0.39 is 6.10 Å². The average molecular weight is 525 g/mol. The zero-order valence-electron chi connectivity index (χ0n) is 19.5. The number of carbonyl (C=O) groups excluding carboxylic acids is 1. The van der Waals surface area contributed by atoms with Crippen molar-refractivity contribution in [2.75, 3.05) is 11.8 Å². The molecule has 4 rings (SSSR count). The van der Waals surface area contributed by atoms with Gasteiger partial charge in [0.2, 0.25) is 0 Å². The van der Waals surface area contributed by atoms with Crippen LogP contribution in [-0.2, 0) is 13.2 Å². The lowest BCUT2D eigenvalue weighted by Gasteiger charge is -2.08. The van der Waals surface area contributed by atoms with E-state index in [0.29, 0.717) is 36.1 Å². The fourth-order valence-corrected chi connectivity index (χ4v) is 3.23. The Kier molecular flexibility index (Phi) is 11.2. The number of ketones is 1. The third-order valence-electron chi connectivity index (χ3n) is 4.89. The molecule has 6 nitrogen and oxygen atoms in total. The number of aliphatic hydroxyl groups is 1. The number of ether oxygens (including phenoxy) is 2. The molecule has 0 saturated carbocycles. The van der Waals surface area contributed by atoms with E-state index in [2.05, 4.69) is 9.97 Å². The number of hydrogen-bond acceptors (Lipinski definition) is 6. The summed E-state index contributed by atoms with van der Waals surface area (Å²) in [6.45, 7) is 0.977. The van der Waals surface area contributed by atoms with E-state index in [0.717, 1.165) is 11.1 Å². The van der Waals surface area contributed by atoms with E-state index in [-0.39, 0.29) is 17.5 Å². The SMILES string of the molecule is O=C(CCl)c1ccc(OCc2ccccc2)cn1.O[C@@H](CCl)c1ccc(OCc2ccccc2)cn1. The minimum absolute atomic E-state index is 0.0583. The monoisotopic (exact) mass is 524 g/mol. The van der Waals surface area contributed by atoms with Crippen LogP contribution in [0, 0.1) is 0 Å². The van der Waals surface area contributed by atoms with Gasteiger partial charge in [-0.25, -0.2) is 4.98 Å². The Morgan fingerprint density at radius 3 is 1.69 bits per heavy atom. The largest absolute Gasteiger partial charge is 0.487 e. The molecule has 0 aliphatic rings. The third kappa shape index (κ3) is 8.96. The van der Waals surface area contributed by atoms with E-state index in [9.17, 15) is 9.90 Å². The van der Waals surface area contributed by atoms with Crippen molar-refractivity contribution in [1.82, 2.24) is 9.97 Å². The molecule has 2 heterocycles. The Balaban J connectivity index is 0.000000201. The standard InChI is InChI=1S/C14H14ClNO2.C14H12ClNO2/c2*15-8-14(17)13-7-6-12(9-16-13)18-10-11-4-2-1-3-5-11/h1-7,9,14,17H,8,10H2;1-7,9H,8,10H2/t14-;/m0./s1. The molecule has 186 valence electrons. The first kappa shape index (κ1) is 27.1. The summed E-state index contributed by atoms with van der Waals surface area (Å²) in [6.07, 6.45) is 2.39. The topological polar surface area (TPSA) is 81.5 Å². The number of halogens is 2. The summed E-state index contributed by atoms with van der Waals surface area (Å²) >= 11 is 11.0. The molecular formula is C28H26Cl2N2O4. The van der Waals surface area contributed by atoms with Crippen molar-refractivity contribution in [1.29, 1.82) is 0 Å². The number of benzene rings is 2. The molecule has 1 N–H and O–H groups in total. The first-order valence-corrected chi connectivity index (χ1v) is 12.2. The van der Waals surface area contributed by atoms with E-state index in [1.165, 1.54) is 6.20 Å². The van der Waals surface area contributed by atoms with Gasteiger partial charge in [0.05, 0.1) is 29.8 Å². The van der Waals surface area contributed by atoms with E-state index in [4.69, 9.17) is 32.7 Å². The van der Waals surface area contributed by atoms with Gasteiger partial charge in [-0.05, 0) is 35.4 Å². The van der Waals surface area contributed by atoms with Crippen molar-refractivity contribution in [2.45, 2.75) is 19.3 Å². The maximum atomic E-state index is 11.3. The highest BCUT2D eigenvalue weighted by molar-refractivity contribution is 6.30. The van der Waals surface area contributed by atoms with Crippen LogP contribution >= 0.6 is 23.2 Å². The van der Waals surface area contributed by atoms with Crippen LogP contribution in [0.5, 0.6) is 11.5 Å². The van der Waals surface area contributed by atoms with Gasteiger partial charge in [-0.1, -0.05) is 60.7 Å². The Hall–Kier alpha value is -3.45. The zero-order chi connectivity index (χ0) is 25.6. The molecule has 4 aromatic rings. The predicted octanol–water partition coefficient (Wildman–Crippen LogP) is 6.01. The molecule has 8 heteroatoms. The van der Waals surface area contributed by atoms with E-state index in [1.54, 1.807) is 30.5 Å². The Bertz CT molecular complexity index is 1180. The first-order valence-electron chi connectivity index (χ1n) is 11.2. The summed E-state index contributed by atoms with van der Waals surface area (Å²) in [6, 6.07) is 26.6. The highest BCUT2D eigenvalue weighted by atomic mass is 35.5. The van der Waals surface area contributed by atoms with Crippen molar-refractivity contribution < 1.29 is 19.4 Å². The Morgan fingerprint density at radius 1 is 0.750 bits per heavy atom. The maximum absolute atomic E-state index is 11.3. The summed E-state index contributed by atoms with van der Waals surface area (Å²) in [5.41, 5.74) is 3.09. The van der Waals surface area contributed by atoms with Crippen LogP contribution < -0.4 is 9.47 Å². The normalized spacial score (nSPS) is 11.1. The van der Waals surface area contributed by atoms with Crippen LogP contribution in [0.2, 0.25) is 0 Å². The van der Waals surface area contributed by atoms with Crippen molar-refractivity contribution >= 4 is 29.0 Å². The summed E-state index contributed by atoms with van der Waals surface area (Å²) < 4.78 is 11.1. The fourth-order valence-electron chi connectivity index (χ4n) is 2.93. The van der Waals surface area contributed by atoms with Gasteiger partial charge in [0.1, 0.15) is 36.5 Å². The molecule has 0 amide bonds. The van der Waals surface area contributed by atoms with Crippen molar-refractivity contribution in [3.63, 3.8) is 0 Å². The van der Waals surface area contributed by atoms with Gasteiger partial charge in [0.25, 0.3) is 0 Å². The van der Waals surface area contributed by atoms with Crippen LogP contribution in [0.3, 0.4) is 0 Å². The Labute approximate surface area is 220 Å². The van der Waals surface area contributed by atoms with Crippen molar-refractivity contribution in [3.05, 3.63) is 120 Å². The van der Waals surface area contributed by atoms with Gasteiger partial charge in [-0.15, -0.1) is 23.2 Å². The predicted molar refractivity (Wildman–Crippen MR) is 141 cm³/mol. The van der Waals surface area contributed by atoms with Gasteiger partial charge >= 0.3 is 0 Å². The molecule has 2 aromatic carbocycles. The molecule has 36 heavy (non-hydrogen) atoms. The number of hydrogen-bond donors (Lipinski definition) is 1. The molecule has 0 radical (unpaired) electrons. The third-order valence-corrected chi connectivity index (χ3v) is 5.42. The van der Waals surface area contributed by atoms with Gasteiger partial charge < -0.3 is 14.6 Å². The number of rotatable bonds is 10. The number of Topliss-reactive ketones (excluding diaryl/α,β-unsaturated/α-hetero) is 1. The molecule has 0 aliphatic heterocycles. The highest BCUT2D eigenvalue weighted by Crippen LogP contribution is 2.17. The quantitative estimate of drug-likeness (QED) is 0.202. The van der Waals surface area contributed by atoms with Crippen LogP contribution in [0.15, 0.2) is 97.3 Å². The molecule has 0 bridgehead atoms. The minimum Gasteiger partial charge on any atom is -0.487 e. The molecule has 2 aromatic heterocycles. The van der Waals surface area contributed by atoms with Crippen molar-refractivity contribution in [2.24, 2.45) is 0 Å². The lowest BCUT2D eigenvalue weighted by molar-refractivity contribution is 0.101. The van der Waals surface area contributed by atoms with Gasteiger partial charge in [0, 0.05) is 0 Å². The van der Waals surface area contributed by atoms with Crippen molar-refractivity contribution in [3.8, 4) is 11.5 Å². The van der Waals surface area contributed by atoms with Gasteiger partial charge in [0.15, 0.2) is 5.78 Å². The summed E-state index contributed by atoms with van der Waals surface area (Å²) in [5.74, 6) is 1.19. The molecule has 0 saturated heterocycles. The second-order valence-electron chi connectivity index (χ2n) is 7.57. The van der Waals surface area contributed by atoms with Crippen LogP contribution in [0.4, 0.5) is 0 Å². The second-order valence-corrected chi connectivity index (χ2v) is 8.15. The number of aliphatic hydroxyl groups excluding tert-OH is 1. The smallest absolute Gasteiger partial charge is 0.195 e. The maximum Gasteiger partial charge on any atom is 0.195 e. The number of alkyl halides is 2. The van der Waals surface area contributed by atoms with E-state index in [1.807, 2.05) is 60.7 Å². The van der Waals surface area contributed by atoms with Crippen LogP contribution in [-0.4, -0.2) is 32.6 Å². The average Bonchev–Trinajstić information content (AvgIpc) is 2.96. The summed E-state index contributed by atoms with van der Waals surface area (Å²) in [7, 11) is 0. The fraction of sp³-hybridized carbons (Fsp3) is 0.179. The lowest BCUT2D eigenvalue weighted by atomic mass is 10.2. The van der Waals surface area contributed by atoms with Crippen LogP contribution in [0.25, 0.3) is 0 Å². The summed E-state index contributed by atoms with van der Waals surface area (Å²) in [5, 5.41) is 9.49. The molecule has 0 fully saturated rings. The molecule has 0 aliphatic carbocycles. The number of aromatic nitrogens is 2. The summed E-state index contributed by atoms with van der Waals surface area (Å²) in [4.78, 5) is 19.4. The van der Waals surface area contributed by atoms with Gasteiger partial charge in [-0.2, -0.15) is 0 Å². The molecule has 1 atom stereocenters. The zero-order valence-corrected chi connectivity index (χ0v) is 21.0.